The highest BCUT2D eigenvalue weighted by molar-refractivity contribution is 7.93. The normalized spacial score (nSPS) is 11.2. The molecule has 2 aromatic carbocycles. The predicted molar refractivity (Wildman–Crippen MR) is 99.1 cm³/mol. The van der Waals surface area contributed by atoms with E-state index in [-0.39, 0.29) is 27.5 Å². The average molecular weight is 392 g/mol. The maximum atomic E-state index is 12.7. The first-order chi connectivity index (χ1) is 11.9. The van der Waals surface area contributed by atoms with Crippen LogP contribution in [0, 0.1) is 11.3 Å². The Labute approximate surface area is 153 Å². The Morgan fingerprint density at radius 2 is 2.08 bits per heavy atom. The summed E-state index contributed by atoms with van der Waals surface area (Å²) in [5, 5.41) is 9.99. The molecule has 10 heteroatoms. The Morgan fingerprint density at radius 3 is 2.76 bits per heavy atom. The summed E-state index contributed by atoms with van der Waals surface area (Å²) >= 11 is 10.5. The van der Waals surface area contributed by atoms with Gasteiger partial charge in [0.1, 0.15) is 16.7 Å². The van der Waals surface area contributed by atoms with Crippen LogP contribution in [0.3, 0.4) is 0 Å². The number of fused-ring (bicyclic) bond motifs is 1. The molecule has 0 amide bonds. The van der Waals surface area contributed by atoms with Gasteiger partial charge in [0, 0.05) is 34.5 Å². The highest BCUT2D eigenvalue weighted by Crippen LogP contribution is 2.35. The second-order valence-corrected chi connectivity index (χ2v) is 7.34. The highest BCUT2D eigenvalue weighted by Gasteiger charge is 2.21. The summed E-state index contributed by atoms with van der Waals surface area (Å²) in [5.74, 6) is 0. The maximum absolute atomic E-state index is 12.7. The van der Waals surface area contributed by atoms with Crippen molar-refractivity contribution >= 4 is 62.0 Å². The number of anilines is 2. The van der Waals surface area contributed by atoms with Crippen LogP contribution in [0.25, 0.3) is 10.9 Å². The zero-order valence-corrected chi connectivity index (χ0v) is 14.8. The molecule has 126 valence electrons. The monoisotopic (exact) mass is 391 g/mol. The molecule has 0 bridgehead atoms. The molecule has 3 aromatic rings. The van der Waals surface area contributed by atoms with Crippen LogP contribution in [0.15, 0.2) is 45.8 Å². The van der Waals surface area contributed by atoms with Gasteiger partial charge in [-0.05, 0) is 30.3 Å². The molecule has 4 N–H and O–H groups in total. The standard InChI is InChI=1S/C15H10ClN5O2S2/c16-9-2-3-10-12(5-9)19-7-13(10)25(22,23)21-11-4-1-8(6-17)15(20-24)14(11)18/h1-5,7,19,21H,18H2. The number of benzene rings is 2. The van der Waals surface area contributed by atoms with E-state index >= 15 is 0 Å². The topological polar surface area (TPSA) is 124 Å². The molecule has 3 rings (SSSR count). The van der Waals surface area contributed by atoms with E-state index in [2.05, 4.69) is 26.5 Å². The SMILES string of the molecule is N#Cc1ccc(NS(=O)(=O)c2c[nH]c3cc(Cl)ccc23)c(N)c1N=S. The summed E-state index contributed by atoms with van der Waals surface area (Å²) in [4.78, 5) is 2.90. The Hall–Kier alpha value is -2.67. The number of aromatic nitrogens is 1. The Morgan fingerprint density at radius 1 is 1.32 bits per heavy atom. The van der Waals surface area contributed by atoms with Crippen molar-refractivity contribution in [3.8, 4) is 6.07 Å². The lowest BCUT2D eigenvalue weighted by Crippen LogP contribution is -2.14. The van der Waals surface area contributed by atoms with E-state index < -0.39 is 10.0 Å². The smallest absolute Gasteiger partial charge is 0.264 e. The molecule has 0 aliphatic heterocycles. The molecule has 25 heavy (non-hydrogen) atoms. The van der Waals surface area contributed by atoms with E-state index in [1.165, 1.54) is 18.3 Å². The van der Waals surface area contributed by atoms with Gasteiger partial charge < -0.3 is 10.7 Å². The minimum atomic E-state index is -3.94. The lowest BCUT2D eigenvalue weighted by Gasteiger charge is -2.11. The summed E-state index contributed by atoms with van der Waals surface area (Å²) < 4.78 is 31.4. The van der Waals surface area contributed by atoms with Gasteiger partial charge in [0.25, 0.3) is 10.0 Å². The number of nitrogens with zero attached hydrogens (tertiary/aromatic N) is 2. The van der Waals surface area contributed by atoms with Crippen LogP contribution in [0.4, 0.5) is 17.1 Å². The van der Waals surface area contributed by atoms with Crippen molar-refractivity contribution in [1.29, 1.82) is 5.26 Å². The zero-order valence-electron chi connectivity index (χ0n) is 12.4. The first kappa shape index (κ1) is 17.2. The first-order valence-electron chi connectivity index (χ1n) is 6.83. The molecule has 1 aromatic heterocycles. The van der Waals surface area contributed by atoms with Crippen molar-refractivity contribution in [2.24, 2.45) is 4.36 Å². The summed E-state index contributed by atoms with van der Waals surface area (Å²) in [6, 6.07) is 9.52. The predicted octanol–water partition coefficient (Wildman–Crippen LogP) is 3.44. The number of halogens is 1. The molecule has 0 saturated heterocycles. The first-order valence-corrected chi connectivity index (χ1v) is 9.05. The molecule has 0 atom stereocenters. The van der Waals surface area contributed by atoms with E-state index in [0.717, 1.165) is 0 Å². The number of sulfonamides is 1. The van der Waals surface area contributed by atoms with Gasteiger partial charge in [0.15, 0.2) is 0 Å². The maximum Gasteiger partial charge on any atom is 0.264 e. The van der Waals surface area contributed by atoms with Crippen LogP contribution in [0.2, 0.25) is 5.02 Å². The largest absolute Gasteiger partial charge is 0.395 e. The molecule has 0 radical (unpaired) electrons. The minimum absolute atomic E-state index is 0.0134. The van der Waals surface area contributed by atoms with Crippen LogP contribution in [-0.2, 0) is 22.4 Å². The third kappa shape index (κ3) is 3.02. The number of H-pyrrole nitrogens is 1. The van der Waals surface area contributed by atoms with Crippen molar-refractivity contribution in [2.45, 2.75) is 4.90 Å². The van der Waals surface area contributed by atoms with Crippen LogP contribution < -0.4 is 10.5 Å². The molecule has 0 spiro atoms. The van der Waals surface area contributed by atoms with Crippen LogP contribution in [-0.4, -0.2) is 13.4 Å². The summed E-state index contributed by atoms with van der Waals surface area (Å²) in [6.45, 7) is 0. The fourth-order valence-corrected chi connectivity index (χ4v) is 4.01. The Bertz CT molecular complexity index is 1150. The molecule has 0 saturated carbocycles. The van der Waals surface area contributed by atoms with E-state index in [0.29, 0.717) is 15.9 Å². The van der Waals surface area contributed by atoms with Crippen LogP contribution >= 0.6 is 11.6 Å². The summed E-state index contributed by atoms with van der Waals surface area (Å²) in [5.41, 5.74) is 6.78. The minimum Gasteiger partial charge on any atom is -0.395 e. The second-order valence-electron chi connectivity index (χ2n) is 5.07. The molecule has 0 aliphatic rings. The van der Waals surface area contributed by atoms with Crippen LogP contribution in [0.1, 0.15) is 5.56 Å². The molecular formula is C15H10ClN5O2S2. The quantitative estimate of drug-likeness (QED) is 0.587. The number of hydrogen-bond donors (Lipinski definition) is 3. The van der Waals surface area contributed by atoms with Crippen molar-refractivity contribution < 1.29 is 8.42 Å². The van der Waals surface area contributed by atoms with Gasteiger partial charge in [0.05, 0.1) is 16.9 Å². The van der Waals surface area contributed by atoms with Gasteiger partial charge in [-0.2, -0.15) is 9.62 Å². The molecule has 1 heterocycles. The number of nitrogens with one attached hydrogen (secondary N) is 2. The highest BCUT2D eigenvalue weighted by atomic mass is 35.5. The molecule has 0 unspecified atom stereocenters. The fraction of sp³-hybridized carbons (Fsp3) is 0. The lowest BCUT2D eigenvalue weighted by molar-refractivity contribution is 0.602. The van der Waals surface area contributed by atoms with E-state index in [1.807, 2.05) is 6.07 Å². The number of aromatic amines is 1. The van der Waals surface area contributed by atoms with Crippen molar-refractivity contribution in [1.82, 2.24) is 4.98 Å². The number of hydrogen-bond acceptors (Lipinski definition) is 6. The van der Waals surface area contributed by atoms with Gasteiger partial charge >= 0.3 is 0 Å². The van der Waals surface area contributed by atoms with E-state index in [1.54, 1.807) is 18.2 Å². The third-order valence-electron chi connectivity index (χ3n) is 3.57. The molecular weight excluding hydrogens is 382 g/mol. The molecule has 0 aliphatic carbocycles. The molecule has 7 nitrogen and oxygen atoms in total. The van der Waals surface area contributed by atoms with Crippen molar-refractivity contribution in [2.75, 3.05) is 10.5 Å². The van der Waals surface area contributed by atoms with Gasteiger partial charge in [-0.3, -0.25) is 4.72 Å². The Kier molecular flexibility index (Phi) is 4.34. The number of nitriles is 1. The molecule has 0 fully saturated rings. The second kappa shape index (κ2) is 6.33. The average Bonchev–Trinajstić information content (AvgIpc) is 3.00. The summed E-state index contributed by atoms with van der Waals surface area (Å²) in [6.07, 6.45) is 1.36. The number of nitrogens with two attached hydrogens (primary N) is 1. The van der Waals surface area contributed by atoms with Gasteiger partial charge in [-0.1, -0.05) is 11.6 Å². The van der Waals surface area contributed by atoms with Crippen molar-refractivity contribution in [3.05, 3.63) is 47.1 Å². The Balaban J connectivity index is 2.08. The zero-order chi connectivity index (χ0) is 18.2. The van der Waals surface area contributed by atoms with Gasteiger partial charge in [-0.25, -0.2) is 8.42 Å². The summed E-state index contributed by atoms with van der Waals surface area (Å²) in [7, 11) is -3.94. The van der Waals surface area contributed by atoms with E-state index in [4.69, 9.17) is 22.6 Å². The number of nitrogen functional groups attached to an aromatic ring is 1. The van der Waals surface area contributed by atoms with Crippen LogP contribution in [0.5, 0.6) is 0 Å². The van der Waals surface area contributed by atoms with Crippen molar-refractivity contribution in [3.63, 3.8) is 0 Å². The fourth-order valence-electron chi connectivity index (χ4n) is 2.38. The van der Waals surface area contributed by atoms with Gasteiger partial charge in [-0.15, -0.1) is 0 Å². The van der Waals surface area contributed by atoms with E-state index in [9.17, 15) is 8.42 Å². The number of rotatable bonds is 4. The van der Waals surface area contributed by atoms with Gasteiger partial charge in [0.2, 0.25) is 0 Å². The third-order valence-corrected chi connectivity index (χ3v) is 5.39. The lowest BCUT2D eigenvalue weighted by atomic mass is 10.1.